The van der Waals surface area contributed by atoms with Crippen LogP contribution in [0, 0.1) is 11.3 Å². The van der Waals surface area contributed by atoms with Crippen LogP contribution in [-0.4, -0.2) is 10.7 Å². The van der Waals surface area contributed by atoms with Gasteiger partial charge in [0.05, 0.1) is 15.8 Å². The Hall–Kier alpha value is -2.95. The van der Waals surface area contributed by atoms with E-state index in [1.54, 1.807) is 42.5 Å². The SMILES string of the molecule is N#CC(=Cc1ccc(-c2ccc(SC(F)F)cc2)o1)c1nc2ccccc2s1. The van der Waals surface area contributed by atoms with Crippen LogP contribution in [0.25, 0.3) is 33.2 Å². The minimum absolute atomic E-state index is 0.422. The quantitative estimate of drug-likeness (QED) is 0.264. The zero-order valence-corrected chi connectivity index (χ0v) is 15.9. The van der Waals surface area contributed by atoms with E-state index < -0.39 is 5.76 Å². The molecule has 0 radical (unpaired) electrons. The summed E-state index contributed by atoms with van der Waals surface area (Å²) in [6, 6.07) is 20.2. The first-order valence-corrected chi connectivity index (χ1v) is 9.95. The molecule has 0 aliphatic rings. The van der Waals surface area contributed by atoms with Gasteiger partial charge in [-0.1, -0.05) is 36.0 Å². The molecule has 0 fully saturated rings. The molecule has 0 spiro atoms. The highest BCUT2D eigenvalue weighted by atomic mass is 32.2. The molecule has 7 heteroatoms. The van der Waals surface area contributed by atoms with Crippen molar-refractivity contribution in [1.29, 1.82) is 5.26 Å². The molecule has 138 valence electrons. The van der Waals surface area contributed by atoms with E-state index in [0.29, 0.717) is 38.8 Å². The normalized spacial score (nSPS) is 11.9. The maximum absolute atomic E-state index is 12.4. The third-order valence-electron chi connectivity index (χ3n) is 3.92. The molecule has 0 aliphatic heterocycles. The Morgan fingerprint density at radius 3 is 2.61 bits per heavy atom. The Morgan fingerprint density at radius 1 is 1.11 bits per heavy atom. The Kier molecular flexibility index (Phi) is 5.24. The van der Waals surface area contributed by atoms with Gasteiger partial charge in [0.1, 0.15) is 22.6 Å². The first-order chi connectivity index (χ1) is 13.6. The number of benzene rings is 2. The highest BCUT2D eigenvalue weighted by molar-refractivity contribution is 7.99. The number of alkyl halides is 2. The highest BCUT2D eigenvalue weighted by Gasteiger charge is 2.11. The maximum atomic E-state index is 12.4. The lowest BCUT2D eigenvalue weighted by atomic mass is 10.2. The lowest BCUT2D eigenvalue weighted by Crippen LogP contribution is -1.81. The van der Waals surface area contributed by atoms with E-state index >= 15 is 0 Å². The first kappa shape index (κ1) is 18.4. The number of nitrogens with zero attached hydrogens (tertiary/aromatic N) is 2. The summed E-state index contributed by atoms with van der Waals surface area (Å²) in [4.78, 5) is 4.99. The third kappa shape index (κ3) is 3.98. The Morgan fingerprint density at radius 2 is 1.89 bits per heavy atom. The zero-order valence-electron chi connectivity index (χ0n) is 14.3. The fourth-order valence-electron chi connectivity index (χ4n) is 2.66. The molecule has 0 saturated heterocycles. The van der Waals surface area contributed by atoms with Gasteiger partial charge >= 0.3 is 0 Å². The number of thiazole rings is 1. The number of hydrogen-bond acceptors (Lipinski definition) is 5. The van der Waals surface area contributed by atoms with Gasteiger partial charge in [0, 0.05) is 16.5 Å². The Bertz CT molecular complexity index is 1150. The predicted octanol–water partition coefficient (Wildman–Crippen LogP) is 6.94. The summed E-state index contributed by atoms with van der Waals surface area (Å²) in [6.45, 7) is 0. The fraction of sp³-hybridized carbons (Fsp3) is 0.0476. The van der Waals surface area contributed by atoms with Crippen LogP contribution < -0.4 is 0 Å². The first-order valence-electron chi connectivity index (χ1n) is 8.25. The number of furan rings is 1. The summed E-state index contributed by atoms with van der Waals surface area (Å²) in [5, 5.41) is 10.2. The molecule has 2 heterocycles. The van der Waals surface area contributed by atoms with Crippen molar-refractivity contribution in [2.75, 3.05) is 0 Å². The average Bonchev–Trinajstić information content (AvgIpc) is 3.33. The molecule has 4 aromatic rings. The van der Waals surface area contributed by atoms with Gasteiger partial charge in [-0.3, -0.25) is 0 Å². The van der Waals surface area contributed by atoms with Crippen molar-refractivity contribution < 1.29 is 13.2 Å². The number of thioether (sulfide) groups is 1. The standard InChI is InChI=1S/C21H12F2N2OS2/c22-21(23)27-16-8-5-13(6-9-16)18-10-7-15(26-18)11-14(12-24)20-25-17-3-1-2-4-19(17)28-20/h1-11,21H. The smallest absolute Gasteiger partial charge is 0.288 e. The van der Waals surface area contributed by atoms with Gasteiger partial charge < -0.3 is 4.42 Å². The van der Waals surface area contributed by atoms with E-state index in [4.69, 9.17) is 4.42 Å². The molecule has 0 unspecified atom stereocenters. The second-order valence-corrected chi connectivity index (χ2v) is 7.86. The number of allylic oxidation sites excluding steroid dienone is 1. The molecule has 4 rings (SSSR count). The van der Waals surface area contributed by atoms with Gasteiger partial charge in [0.15, 0.2) is 0 Å². The van der Waals surface area contributed by atoms with Crippen molar-refractivity contribution in [1.82, 2.24) is 4.98 Å². The molecule has 0 saturated carbocycles. The van der Waals surface area contributed by atoms with Gasteiger partial charge in [-0.2, -0.15) is 14.0 Å². The molecule has 0 bridgehead atoms. The molecule has 28 heavy (non-hydrogen) atoms. The van der Waals surface area contributed by atoms with Gasteiger partial charge in [-0.15, -0.1) is 11.3 Å². The molecule has 0 aliphatic carbocycles. The van der Waals surface area contributed by atoms with Crippen LogP contribution in [0.2, 0.25) is 0 Å². The lowest BCUT2D eigenvalue weighted by Gasteiger charge is -2.01. The van der Waals surface area contributed by atoms with Crippen molar-refractivity contribution in [3.8, 4) is 17.4 Å². The van der Waals surface area contributed by atoms with Crippen LogP contribution >= 0.6 is 23.1 Å². The Labute approximate surface area is 167 Å². The molecule has 3 nitrogen and oxygen atoms in total. The monoisotopic (exact) mass is 410 g/mol. The van der Waals surface area contributed by atoms with Crippen molar-refractivity contribution in [3.05, 3.63) is 71.4 Å². The van der Waals surface area contributed by atoms with Crippen molar-refractivity contribution in [2.45, 2.75) is 10.7 Å². The van der Waals surface area contributed by atoms with Gasteiger partial charge in [-0.25, -0.2) is 4.98 Å². The molecular formula is C21H12F2N2OS2. The van der Waals surface area contributed by atoms with E-state index in [1.165, 1.54) is 11.3 Å². The van der Waals surface area contributed by atoms with Crippen LogP contribution in [0.1, 0.15) is 10.8 Å². The summed E-state index contributed by atoms with van der Waals surface area (Å²) in [7, 11) is 0. The van der Waals surface area contributed by atoms with Crippen LogP contribution in [0.3, 0.4) is 0 Å². The van der Waals surface area contributed by atoms with Gasteiger partial charge in [0.2, 0.25) is 0 Å². The van der Waals surface area contributed by atoms with E-state index in [-0.39, 0.29) is 0 Å². The van der Waals surface area contributed by atoms with E-state index in [9.17, 15) is 14.0 Å². The number of rotatable bonds is 5. The van der Waals surface area contributed by atoms with Crippen molar-refractivity contribution in [2.24, 2.45) is 0 Å². The molecule has 2 aromatic heterocycles. The van der Waals surface area contributed by atoms with Crippen LogP contribution in [0.15, 0.2) is 70.0 Å². The fourth-order valence-corrected chi connectivity index (χ4v) is 4.09. The molecular weight excluding hydrogens is 398 g/mol. The number of fused-ring (bicyclic) bond motifs is 1. The summed E-state index contributed by atoms with van der Waals surface area (Å²) < 4.78 is 31.7. The topological polar surface area (TPSA) is 49.8 Å². The largest absolute Gasteiger partial charge is 0.457 e. The Balaban J connectivity index is 1.60. The van der Waals surface area contributed by atoms with E-state index in [2.05, 4.69) is 11.1 Å². The number of halogens is 2. The van der Waals surface area contributed by atoms with Crippen molar-refractivity contribution in [3.63, 3.8) is 0 Å². The lowest BCUT2D eigenvalue weighted by molar-refractivity contribution is 0.252. The average molecular weight is 410 g/mol. The number of para-hydroxylation sites is 1. The second-order valence-electron chi connectivity index (χ2n) is 5.76. The predicted molar refractivity (Wildman–Crippen MR) is 109 cm³/mol. The van der Waals surface area contributed by atoms with Crippen LogP contribution in [0.5, 0.6) is 0 Å². The summed E-state index contributed by atoms with van der Waals surface area (Å²) >= 11 is 1.95. The molecule has 0 N–H and O–H groups in total. The van der Waals surface area contributed by atoms with Crippen LogP contribution in [-0.2, 0) is 0 Å². The maximum Gasteiger partial charge on any atom is 0.288 e. The second kappa shape index (κ2) is 7.97. The van der Waals surface area contributed by atoms with E-state index in [1.807, 2.05) is 24.3 Å². The van der Waals surface area contributed by atoms with Gasteiger partial charge in [0.25, 0.3) is 5.76 Å². The number of hydrogen-bond donors (Lipinski definition) is 0. The highest BCUT2D eigenvalue weighted by Crippen LogP contribution is 2.31. The summed E-state index contributed by atoms with van der Waals surface area (Å²) in [6.07, 6.45) is 1.65. The summed E-state index contributed by atoms with van der Waals surface area (Å²) in [5.74, 6) is -1.32. The van der Waals surface area contributed by atoms with Crippen molar-refractivity contribution >= 4 is 45.0 Å². The minimum atomic E-state index is -2.45. The van der Waals surface area contributed by atoms with Gasteiger partial charge in [-0.05, 0) is 36.4 Å². The number of nitriles is 1. The number of aromatic nitrogens is 1. The van der Waals surface area contributed by atoms with E-state index in [0.717, 1.165) is 15.8 Å². The minimum Gasteiger partial charge on any atom is -0.457 e. The summed E-state index contributed by atoms with van der Waals surface area (Å²) in [5.41, 5.74) is 2.05. The van der Waals surface area contributed by atoms with Crippen LogP contribution in [0.4, 0.5) is 8.78 Å². The molecule has 2 aromatic carbocycles. The molecule has 0 atom stereocenters. The third-order valence-corrected chi connectivity index (χ3v) is 5.71. The zero-order chi connectivity index (χ0) is 19.5. The molecule has 0 amide bonds.